The van der Waals surface area contributed by atoms with E-state index in [9.17, 15) is 13.2 Å². The van der Waals surface area contributed by atoms with Gasteiger partial charge in [0, 0.05) is 12.6 Å². The summed E-state index contributed by atoms with van der Waals surface area (Å²) in [6, 6.07) is 6.71. The zero-order valence-corrected chi connectivity index (χ0v) is 13.0. The highest BCUT2D eigenvalue weighted by atomic mass is 32.2. The Balaban J connectivity index is 2.49. The Morgan fingerprint density at radius 3 is 2.30 bits per heavy atom. The van der Waals surface area contributed by atoms with Crippen molar-refractivity contribution in [2.75, 3.05) is 12.3 Å². The van der Waals surface area contributed by atoms with Crippen LogP contribution in [0.15, 0.2) is 29.2 Å². The van der Waals surface area contributed by atoms with Gasteiger partial charge < -0.3 is 10.6 Å². The minimum absolute atomic E-state index is 0.100. The molecule has 5 nitrogen and oxygen atoms in total. The lowest BCUT2D eigenvalue weighted by molar-refractivity contribution is 0.238. The number of rotatable bonds is 6. The number of benzene rings is 1. The van der Waals surface area contributed by atoms with Gasteiger partial charge in [-0.15, -0.1) is 0 Å². The minimum atomic E-state index is -3.14. The molecule has 0 aromatic heterocycles. The lowest BCUT2D eigenvalue weighted by Crippen LogP contribution is -2.40. The van der Waals surface area contributed by atoms with Gasteiger partial charge in [-0.3, -0.25) is 0 Å². The first kappa shape index (κ1) is 16.5. The minimum Gasteiger partial charge on any atom is -0.338 e. The molecule has 0 aliphatic carbocycles. The molecule has 0 aliphatic heterocycles. The van der Waals surface area contributed by atoms with E-state index in [1.54, 1.807) is 31.2 Å². The number of nitrogens with one attached hydrogen (secondary N) is 2. The molecule has 0 saturated heterocycles. The molecule has 0 unspecified atom stereocenters. The topological polar surface area (TPSA) is 75.3 Å². The van der Waals surface area contributed by atoms with Crippen molar-refractivity contribution in [3.63, 3.8) is 0 Å². The number of hydrogen-bond donors (Lipinski definition) is 2. The fourth-order valence-corrected chi connectivity index (χ4v) is 2.55. The maximum Gasteiger partial charge on any atom is 0.314 e. The molecule has 0 fully saturated rings. The summed E-state index contributed by atoms with van der Waals surface area (Å²) in [7, 11) is -3.14. The number of urea groups is 1. The van der Waals surface area contributed by atoms with Crippen molar-refractivity contribution in [2.45, 2.75) is 38.1 Å². The number of carbonyl (C=O) groups excluding carboxylic acids is 1. The van der Waals surface area contributed by atoms with Crippen LogP contribution in [0.1, 0.15) is 26.3 Å². The fraction of sp³-hybridized carbons (Fsp3) is 0.500. The molecule has 1 rings (SSSR count). The monoisotopic (exact) mass is 298 g/mol. The van der Waals surface area contributed by atoms with E-state index >= 15 is 0 Å². The number of amides is 2. The summed E-state index contributed by atoms with van der Waals surface area (Å²) >= 11 is 0. The summed E-state index contributed by atoms with van der Waals surface area (Å²) < 4.78 is 23.3. The SMILES string of the molecule is CCS(=O)(=O)c1ccc(CCNC(=O)NC(C)C)cc1. The lowest BCUT2D eigenvalue weighted by Gasteiger charge is -2.10. The third-order valence-corrected chi connectivity index (χ3v) is 4.53. The number of hydrogen-bond acceptors (Lipinski definition) is 3. The Morgan fingerprint density at radius 1 is 1.20 bits per heavy atom. The molecule has 2 amide bonds. The maximum absolute atomic E-state index is 11.7. The van der Waals surface area contributed by atoms with Crippen molar-refractivity contribution >= 4 is 15.9 Å². The maximum atomic E-state index is 11.7. The zero-order valence-electron chi connectivity index (χ0n) is 12.1. The Morgan fingerprint density at radius 2 is 1.80 bits per heavy atom. The molecule has 20 heavy (non-hydrogen) atoms. The van der Waals surface area contributed by atoms with Gasteiger partial charge in [0.2, 0.25) is 0 Å². The molecule has 2 N–H and O–H groups in total. The molecule has 1 aromatic carbocycles. The van der Waals surface area contributed by atoms with Gasteiger partial charge in [0.05, 0.1) is 10.6 Å². The van der Waals surface area contributed by atoms with Gasteiger partial charge in [0.25, 0.3) is 0 Å². The first-order valence-electron chi connectivity index (χ1n) is 6.71. The van der Waals surface area contributed by atoms with Crippen molar-refractivity contribution in [1.29, 1.82) is 0 Å². The second-order valence-corrected chi connectivity index (χ2v) is 7.13. The van der Waals surface area contributed by atoms with Crippen LogP contribution in [0.2, 0.25) is 0 Å². The summed E-state index contributed by atoms with van der Waals surface area (Å²) in [5, 5.41) is 5.49. The normalized spacial score (nSPS) is 11.4. The molecule has 0 heterocycles. The largest absolute Gasteiger partial charge is 0.338 e. The predicted molar refractivity (Wildman–Crippen MR) is 79.5 cm³/mol. The Labute approximate surface area is 120 Å². The highest BCUT2D eigenvalue weighted by molar-refractivity contribution is 7.91. The molecule has 112 valence electrons. The second kappa shape index (κ2) is 7.28. The summed E-state index contributed by atoms with van der Waals surface area (Å²) in [6.07, 6.45) is 0.665. The van der Waals surface area contributed by atoms with E-state index in [-0.39, 0.29) is 17.8 Å². The van der Waals surface area contributed by atoms with Crippen LogP contribution < -0.4 is 10.6 Å². The van der Waals surface area contributed by atoms with E-state index in [1.807, 2.05) is 13.8 Å². The van der Waals surface area contributed by atoms with Gasteiger partial charge in [-0.05, 0) is 38.0 Å². The van der Waals surface area contributed by atoms with Crippen LogP contribution in [0.5, 0.6) is 0 Å². The van der Waals surface area contributed by atoms with E-state index in [0.29, 0.717) is 17.9 Å². The Kier molecular flexibility index (Phi) is 6.01. The van der Waals surface area contributed by atoms with Crippen molar-refractivity contribution in [1.82, 2.24) is 10.6 Å². The summed E-state index contributed by atoms with van der Waals surface area (Å²) in [6.45, 7) is 5.93. The highest BCUT2D eigenvalue weighted by Gasteiger charge is 2.10. The molecule has 0 aliphatic rings. The lowest BCUT2D eigenvalue weighted by atomic mass is 10.1. The van der Waals surface area contributed by atoms with Gasteiger partial charge in [0.1, 0.15) is 0 Å². The standard InChI is InChI=1S/C14H22N2O3S/c1-4-20(18,19)13-7-5-12(6-8-13)9-10-15-14(17)16-11(2)3/h5-8,11H,4,9-10H2,1-3H3,(H2,15,16,17). The third kappa shape index (κ3) is 5.21. The first-order valence-corrected chi connectivity index (χ1v) is 8.36. The Bertz CT molecular complexity index is 536. The second-order valence-electron chi connectivity index (χ2n) is 4.85. The molecule has 0 bridgehead atoms. The van der Waals surface area contributed by atoms with Crippen LogP contribution in [-0.4, -0.2) is 32.8 Å². The zero-order chi connectivity index (χ0) is 15.2. The van der Waals surface area contributed by atoms with Crippen LogP contribution in [-0.2, 0) is 16.3 Å². The summed E-state index contributed by atoms with van der Waals surface area (Å²) in [5.74, 6) is 0.100. The van der Waals surface area contributed by atoms with Crippen LogP contribution in [0.4, 0.5) is 4.79 Å². The molecule has 1 aromatic rings. The van der Waals surface area contributed by atoms with Gasteiger partial charge in [-0.2, -0.15) is 0 Å². The van der Waals surface area contributed by atoms with Crippen molar-refractivity contribution < 1.29 is 13.2 Å². The molecule has 6 heteroatoms. The van der Waals surface area contributed by atoms with Crippen LogP contribution in [0.3, 0.4) is 0 Å². The van der Waals surface area contributed by atoms with Crippen LogP contribution in [0, 0.1) is 0 Å². The fourth-order valence-electron chi connectivity index (χ4n) is 1.66. The van der Waals surface area contributed by atoms with Crippen LogP contribution >= 0.6 is 0 Å². The van der Waals surface area contributed by atoms with Crippen molar-refractivity contribution in [3.8, 4) is 0 Å². The average molecular weight is 298 g/mol. The smallest absolute Gasteiger partial charge is 0.314 e. The van der Waals surface area contributed by atoms with Gasteiger partial charge in [-0.25, -0.2) is 13.2 Å². The molecular formula is C14H22N2O3S. The number of carbonyl (C=O) groups is 1. The average Bonchev–Trinajstić information content (AvgIpc) is 2.38. The van der Waals surface area contributed by atoms with E-state index in [4.69, 9.17) is 0 Å². The summed E-state index contributed by atoms with van der Waals surface area (Å²) in [4.78, 5) is 11.7. The van der Waals surface area contributed by atoms with Crippen molar-refractivity contribution in [3.05, 3.63) is 29.8 Å². The first-order chi connectivity index (χ1) is 9.35. The van der Waals surface area contributed by atoms with Crippen molar-refractivity contribution in [2.24, 2.45) is 0 Å². The third-order valence-electron chi connectivity index (χ3n) is 2.78. The summed E-state index contributed by atoms with van der Waals surface area (Å²) in [5.41, 5.74) is 0.991. The number of sulfone groups is 1. The molecule has 0 radical (unpaired) electrons. The van der Waals surface area contributed by atoms with Crippen LogP contribution in [0.25, 0.3) is 0 Å². The van der Waals surface area contributed by atoms with Gasteiger partial charge in [-0.1, -0.05) is 19.1 Å². The molecule has 0 atom stereocenters. The molecular weight excluding hydrogens is 276 g/mol. The van der Waals surface area contributed by atoms with Gasteiger partial charge in [0.15, 0.2) is 9.84 Å². The Hall–Kier alpha value is -1.56. The van der Waals surface area contributed by atoms with E-state index in [0.717, 1.165) is 5.56 Å². The van der Waals surface area contributed by atoms with E-state index in [1.165, 1.54) is 0 Å². The van der Waals surface area contributed by atoms with E-state index in [2.05, 4.69) is 10.6 Å². The quantitative estimate of drug-likeness (QED) is 0.840. The predicted octanol–water partition coefficient (Wildman–Crippen LogP) is 1.73. The molecule has 0 spiro atoms. The highest BCUT2D eigenvalue weighted by Crippen LogP contribution is 2.12. The van der Waals surface area contributed by atoms with Gasteiger partial charge >= 0.3 is 6.03 Å². The van der Waals surface area contributed by atoms with E-state index < -0.39 is 9.84 Å². The molecule has 0 saturated carbocycles.